The first-order chi connectivity index (χ1) is 15.3. The third-order valence-electron chi connectivity index (χ3n) is 6.20. The lowest BCUT2D eigenvalue weighted by atomic mass is 9.92. The molecule has 4 rings (SSSR count). The number of rotatable bonds is 5. The van der Waals surface area contributed by atoms with Crippen molar-refractivity contribution in [3.8, 4) is 0 Å². The summed E-state index contributed by atoms with van der Waals surface area (Å²) in [5, 5.41) is 2.65. The molecule has 1 atom stereocenters. The maximum atomic E-state index is 13.3. The molecule has 2 aliphatic heterocycles. The number of carbonyl (C=O) groups excluding carboxylic acids is 3. The summed E-state index contributed by atoms with van der Waals surface area (Å²) in [5.41, 5.74) is 1.61. The van der Waals surface area contributed by atoms with Gasteiger partial charge in [0.2, 0.25) is 5.91 Å². The van der Waals surface area contributed by atoms with Crippen LogP contribution in [0.1, 0.15) is 23.6 Å². The molecule has 2 aromatic rings. The highest BCUT2D eigenvalue weighted by Crippen LogP contribution is 2.29. The van der Waals surface area contributed by atoms with Gasteiger partial charge in [0.25, 0.3) is 5.91 Å². The Morgan fingerprint density at radius 2 is 1.75 bits per heavy atom. The second-order valence-corrected chi connectivity index (χ2v) is 8.60. The number of piperazine rings is 1. The van der Waals surface area contributed by atoms with Gasteiger partial charge in [0.15, 0.2) is 0 Å². The molecule has 0 spiro atoms. The molecule has 2 aromatic carbocycles. The number of hydrogen-bond acceptors (Lipinski definition) is 4. The summed E-state index contributed by atoms with van der Waals surface area (Å²) in [4.78, 5) is 43.2. The monoisotopic (exact) mass is 438 g/mol. The van der Waals surface area contributed by atoms with Crippen molar-refractivity contribution in [2.45, 2.75) is 25.9 Å². The third-order valence-corrected chi connectivity index (χ3v) is 6.20. The lowest BCUT2D eigenvalue weighted by Gasteiger charge is -2.35. The molecule has 7 nitrogen and oxygen atoms in total. The summed E-state index contributed by atoms with van der Waals surface area (Å²) >= 11 is 0. The topological polar surface area (TPSA) is 73.0 Å². The molecular weight excluding hydrogens is 411 g/mol. The van der Waals surface area contributed by atoms with Crippen molar-refractivity contribution in [2.75, 3.05) is 32.7 Å². The minimum absolute atomic E-state index is 0.257. The van der Waals surface area contributed by atoms with Gasteiger partial charge in [-0.1, -0.05) is 42.0 Å². The molecule has 0 aromatic heterocycles. The Hall–Kier alpha value is -3.26. The van der Waals surface area contributed by atoms with Gasteiger partial charge in [0.05, 0.1) is 0 Å². The Balaban J connectivity index is 1.34. The highest BCUT2D eigenvalue weighted by molar-refractivity contribution is 6.09. The first kappa shape index (κ1) is 22.0. The van der Waals surface area contributed by atoms with Crippen molar-refractivity contribution in [3.63, 3.8) is 0 Å². The van der Waals surface area contributed by atoms with Crippen LogP contribution in [-0.4, -0.2) is 65.3 Å². The number of halogens is 1. The third kappa shape index (κ3) is 4.36. The molecule has 0 bridgehead atoms. The summed E-state index contributed by atoms with van der Waals surface area (Å²) in [7, 11) is 0. The Bertz CT molecular complexity index is 1030. The van der Waals surface area contributed by atoms with Gasteiger partial charge >= 0.3 is 6.03 Å². The van der Waals surface area contributed by atoms with Gasteiger partial charge in [-0.15, -0.1) is 0 Å². The first-order valence-corrected chi connectivity index (χ1v) is 10.7. The molecule has 2 fully saturated rings. The molecule has 8 heteroatoms. The molecule has 1 unspecified atom stereocenters. The zero-order valence-corrected chi connectivity index (χ0v) is 18.3. The van der Waals surface area contributed by atoms with Gasteiger partial charge in [-0.05, 0) is 37.1 Å². The van der Waals surface area contributed by atoms with Crippen molar-refractivity contribution in [2.24, 2.45) is 0 Å². The molecule has 32 heavy (non-hydrogen) atoms. The molecule has 0 saturated carbocycles. The second kappa shape index (κ2) is 8.70. The molecule has 168 valence electrons. The number of imide groups is 1. The van der Waals surface area contributed by atoms with Crippen molar-refractivity contribution in [1.29, 1.82) is 0 Å². The van der Waals surface area contributed by atoms with E-state index in [1.807, 2.05) is 6.07 Å². The Kier molecular flexibility index (Phi) is 5.97. The van der Waals surface area contributed by atoms with E-state index in [1.54, 1.807) is 11.8 Å². The van der Waals surface area contributed by atoms with Crippen molar-refractivity contribution >= 4 is 17.8 Å². The number of carbonyl (C=O) groups is 3. The van der Waals surface area contributed by atoms with E-state index in [9.17, 15) is 18.8 Å². The standard InChI is InChI=1S/C24H27FN4O3/c1-17-4-3-5-18(14-17)15-27-10-12-28(13-11-27)21(30)16-29-22(31)24(2,26-23(29)32)19-6-8-20(25)9-7-19/h3-9,14H,10-13,15-16H2,1-2H3,(H,26,32). The van der Waals surface area contributed by atoms with Crippen molar-refractivity contribution < 1.29 is 18.8 Å². The molecule has 2 heterocycles. The van der Waals surface area contributed by atoms with E-state index in [1.165, 1.54) is 35.4 Å². The molecule has 4 amide bonds. The Morgan fingerprint density at radius 3 is 2.41 bits per heavy atom. The molecule has 2 aliphatic rings. The number of amides is 4. The smallest absolute Gasteiger partial charge is 0.325 e. The molecular formula is C24H27FN4O3. The van der Waals surface area contributed by atoms with Gasteiger partial charge in [-0.3, -0.25) is 19.4 Å². The van der Waals surface area contributed by atoms with Crippen LogP contribution in [0.4, 0.5) is 9.18 Å². The van der Waals surface area contributed by atoms with Gasteiger partial charge in [0, 0.05) is 32.7 Å². The fourth-order valence-electron chi connectivity index (χ4n) is 4.28. The summed E-state index contributed by atoms with van der Waals surface area (Å²) in [6, 6.07) is 13.2. The van der Waals surface area contributed by atoms with Crippen LogP contribution in [0.2, 0.25) is 0 Å². The number of urea groups is 1. The zero-order valence-electron chi connectivity index (χ0n) is 18.3. The SMILES string of the molecule is Cc1cccc(CN2CCN(C(=O)CN3C(=O)NC(C)(c4ccc(F)cc4)C3=O)CC2)c1. The fourth-order valence-corrected chi connectivity index (χ4v) is 4.28. The lowest BCUT2D eigenvalue weighted by Crippen LogP contribution is -2.51. The minimum Gasteiger partial charge on any atom is -0.339 e. The van der Waals surface area contributed by atoms with Gasteiger partial charge in [-0.2, -0.15) is 0 Å². The van der Waals surface area contributed by atoms with E-state index in [2.05, 4.69) is 35.3 Å². The number of benzene rings is 2. The van der Waals surface area contributed by atoms with E-state index < -0.39 is 23.3 Å². The zero-order chi connectivity index (χ0) is 22.9. The van der Waals surface area contributed by atoms with E-state index in [4.69, 9.17) is 0 Å². The van der Waals surface area contributed by atoms with Gasteiger partial charge < -0.3 is 10.2 Å². The summed E-state index contributed by atoms with van der Waals surface area (Å²) in [5.74, 6) is -1.20. The van der Waals surface area contributed by atoms with Gasteiger partial charge in [0.1, 0.15) is 17.9 Å². The van der Waals surface area contributed by atoms with E-state index in [0.717, 1.165) is 24.5 Å². The van der Waals surface area contributed by atoms with Crippen LogP contribution in [0.5, 0.6) is 0 Å². The number of aryl methyl sites for hydroxylation is 1. The largest absolute Gasteiger partial charge is 0.339 e. The van der Waals surface area contributed by atoms with Crippen molar-refractivity contribution in [1.82, 2.24) is 20.0 Å². The lowest BCUT2D eigenvalue weighted by molar-refractivity contribution is -0.139. The Labute approximate surface area is 186 Å². The number of nitrogens with zero attached hydrogens (tertiary/aromatic N) is 3. The summed E-state index contributed by atoms with van der Waals surface area (Å²) in [6.45, 7) is 6.70. The maximum absolute atomic E-state index is 13.3. The van der Waals surface area contributed by atoms with Crippen molar-refractivity contribution in [3.05, 3.63) is 71.0 Å². The van der Waals surface area contributed by atoms with Crippen LogP contribution in [0, 0.1) is 12.7 Å². The van der Waals surface area contributed by atoms with E-state index in [0.29, 0.717) is 18.7 Å². The van der Waals surface area contributed by atoms with Crippen LogP contribution < -0.4 is 5.32 Å². The maximum Gasteiger partial charge on any atom is 0.325 e. The highest BCUT2D eigenvalue weighted by Gasteiger charge is 2.49. The average molecular weight is 439 g/mol. The number of nitrogens with one attached hydrogen (secondary N) is 1. The average Bonchev–Trinajstić information content (AvgIpc) is 2.98. The first-order valence-electron chi connectivity index (χ1n) is 10.7. The van der Waals surface area contributed by atoms with Crippen LogP contribution in [0.3, 0.4) is 0 Å². The normalized spacial score (nSPS) is 21.7. The summed E-state index contributed by atoms with van der Waals surface area (Å²) < 4.78 is 13.3. The molecule has 0 radical (unpaired) electrons. The summed E-state index contributed by atoms with van der Waals surface area (Å²) in [6.07, 6.45) is 0. The Morgan fingerprint density at radius 1 is 1.06 bits per heavy atom. The van der Waals surface area contributed by atoms with E-state index >= 15 is 0 Å². The molecule has 2 saturated heterocycles. The predicted octanol–water partition coefficient (Wildman–Crippen LogP) is 2.25. The van der Waals surface area contributed by atoms with E-state index in [-0.39, 0.29) is 12.5 Å². The number of hydrogen-bond donors (Lipinski definition) is 1. The van der Waals surface area contributed by atoms with Gasteiger partial charge in [-0.25, -0.2) is 9.18 Å². The quantitative estimate of drug-likeness (QED) is 0.727. The minimum atomic E-state index is -1.32. The fraction of sp³-hybridized carbons (Fsp3) is 0.375. The van der Waals surface area contributed by atoms with Crippen LogP contribution in [0.25, 0.3) is 0 Å². The van der Waals surface area contributed by atoms with Crippen LogP contribution in [-0.2, 0) is 21.7 Å². The highest BCUT2D eigenvalue weighted by atomic mass is 19.1. The van der Waals surface area contributed by atoms with Crippen LogP contribution >= 0.6 is 0 Å². The molecule has 0 aliphatic carbocycles. The second-order valence-electron chi connectivity index (χ2n) is 8.60. The van der Waals surface area contributed by atoms with Crippen LogP contribution in [0.15, 0.2) is 48.5 Å². The molecule has 1 N–H and O–H groups in total. The predicted molar refractivity (Wildman–Crippen MR) is 117 cm³/mol.